The Bertz CT molecular complexity index is 469. The minimum atomic E-state index is -0.959. The molecular formula is C18H26O4. The summed E-state index contributed by atoms with van der Waals surface area (Å²) < 4.78 is 10.4. The SMILES string of the molecule is CCCCC(CC(=O)OCC)(C(=O)OCC)c1ccccc1. The monoisotopic (exact) mass is 306 g/mol. The van der Waals surface area contributed by atoms with Crippen LogP contribution in [-0.2, 0) is 24.5 Å². The van der Waals surface area contributed by atoms with E-state index in [1.165, 1.54) is 0 Å². The number of unbranched alkanes of at least 4 members (excludes halogenated alkanes) is 1. The quantitative estimate of drug-likeness (QED) is 0.654. The zero-order chi connectivity index (χ0) is 16.4. The summed E-state index contributed by atoms with van der Waals surface area (Å²) in [6, 6.07) is 9.40. The molecule has 122 valence electrons. The van der Waals surface area contributed by atoms with Gasteiger partial charge in [0.2, 0.25) is 0 Å². The van der Waals surface area contributed by atoms with Crippen LogP contribution >= 0.6 is 0 Å². The van der Waals surface area contributed by atoms with Crippen molar-refractivity contribution in [1.82, 2.24) is 0 Å². The second kappa shape index (κ2) is 9.23. The third-order valence-electron chi connectivity index (χ3n) is 3.70. The lowest BCUT2D eigenvalue weighted by molar-refractivity contribution is -0.157. The molecule has 0 heterocycles. The van der Waals surface area contributed by atoms with E-state index < -0.39 is 5.41 Å². The van der Waals surface area contributed by atoms with Gasteiger partial charge in [0.1, 0.15) is 5.41 Å². The highest BCUT2D eigenvalue weighted by Crippen LogP contribution is 2.35. The van der Waals surface area contributed by atoms with Crippen molar-refractivity contribution in [2.45, 2.75) is 51.9 Å². The number of benzene rings is 1. The predicted octanol–water partition coefficient (Wildman–Crippen LogP) is 3.63. The Balaban J connectivity index is 3.22. The van der Waals surface area contributed by atoms with E-state index in [0.717, 1.165) is 18.4 Å². The van der Waals surface area contributed by atoms with Gasteiger partial charge < -0.3 is 9.47 Å². The fourth-order valence-corrected chi connectivity index (χ4v) is 2.59. The van der Waals surface area contributed by atoms with Crippen molar-refractivity contribution in [3.05, 3.63) is 35.9 Å². The predicted molar refractivity (Wildman–Crippen MR) is 85.5 cm³/mol. The largest absolute Gasteiger partial charge is 0.466 e. The van der Waals surface area contributed by atoms with Gasteiger partial charge in [-0.1, -0.05) is 50.1 Å². The summed E-state index contributed by atoms with van der Waals surface area (Å²) in [5.74, 6) is -0.710. The lowest BCUT2D eigenvalue weighted by Gasteiger charge is -2.31. The minimum Gasteiger partial charge on any atom is -0.466 e. The van der Waals surface area contributed by atoms with Crippen LogP contribution in [0.4, 0.5) is 0 Å². The number of ether oxygens (including phenoxy) is 2. The summed E-state index contributed by atoms with van der Waals surface area (Å²) >= 11 is 0. The number of hydrogen-bond donors (Lipinski definition) is 0. The molecule has 0 saturated carbocycles. The van der Waals surface area contributed by atoms with Crippen LogP contribution in [0, 0.1) is 0 Å². The highest BCUT2D eigenvalue weighted by Gasteiger charge is 2.43. The molecule has 0 aromatic heterocycles. The zero-order valence-corrected chi connectivity index (χ0v) is 13.8. The zero-order valence-electron chi connectivity index (χ0n) is 13.8. The maximum atomic E-state index is 12.7. The van der Waals surface area contributed by atoms with Gasteiger partial charge >= 0.3 is 11.9 Å². The first kappa shape index (κ1) is 18.2. The lowest BCUT2D eigenvalue weighted by Crippen LogP contribution is -2.40. The van der Waals surface area contributed by atoms with Crippen LogP contribution in [-0.4, -0.2) is 25.2 Å². The fourth-order valence-electron chi connectivity index (χ4n) is 2.59. The molecule has 0 amide bonds. The molecular weight excluding hydrogens is 280 g/mol. The normalized spacial score (nSPS) is 13.2. The van der Waals surface area contributed by atoms with Crippen molar-refractivity contribution in [3.8, 4) is 0 Å². The second-order valence-corrected chi connectivity index (χ2v) is 5.25. The standard InChI is InChI=1S/C18H26O4/c1-4-7-13-18(17(20)22-6-3,14-16(19)21-5-2)15-11-9-8-10-12-15/h8-12H,4-7,13-14H2,1-3H3. The van der Waals surface area contributed by atoms with E-state index in [1.54, 1.807) is 13.8 Å². The Morgan fingerprint density at radius 1 is 1.00 bits per heavy atom. The van der Waals surface area contributed by atoms with Crippen molar-refractivity contribution in [3.63, 3.8) is 0 Å². The van der Waals surface area contributed by atoms with E-state index in [1.807, 2.05) is 30.3 Å². The molecule has 0 saturated heterocycles. The Kier molecular flexibility index (Phi) is 7.64. The first-order valence-electron chi connectivity index (χ1n) is 7.99. The Hall–Kier alpha value is -1.84. The van der Waals surface area contributed by atoms with Crippen molar-refractivity contribution in [1.29, 1.82) is 0 Å². The molecule has 0 spiro atoms. The second-order valence-electron chi connectivity index (χ2n) is 5.25. The van der Waals surface area contributed by atoms with Crippen LogP contribution in [0.5, 0.6) is 0 Å². The molecule has 0 N–H and O–H groups in total. The van der Waals surface area contributed by atoms with Gasteiger partial charge in [0, 0.05) is 0 Å². The van der Waals surface area contributed by atoms with Gasteiger partial charge in [-0.25, -0.2) is 0 Å². The minimum absolute atomic E-state index is 0.0175. The smallest absolute Gasteiger partial charge is 0.317 e. The molecule has 0 radical (unpaired) electrons. The van der Waals surface area contributed by atoms with Gasteiger partial charge in [0.15, 0.2) is 0 Å². The number of rotatable bonds is 9. The first-order chi connectivity index (χ1) is 10.6. The van der Waals surface area contributed by atoms with Crippen molar-refractivity contribution < 1.29 is 19.1 Å². The molecule has 1 rings (SSSR count). The maximum Gasteiger partial charge on any atom is 0.317 e. The summed E-state index contributed by atoms with van der Waals surface area (Å²) in [6.45, 7) is 6.20. The van der Waals surface area contributed by atoms with Crippen LogP contribution in [0.3, 0.4) is 0 Å². The molecule has 1 unspecified atom stereocenters. The number of esters is 2. The first-order valence-corrected chi connectivity index (χ1v) is 7.99. The summed E-state index contributed by atoms with van der Waals surface area (Å²) in [4.78, 5) is 24.8. The molecule has 4 nitrogen and oxygen atoms in total. The molecule has 0 aliphatic heterocycles. The molecule has 1 aromatic rings. The van der Waals surface area contributed by atoms with Gasteiger partial charge in [-0.2, -0.15) is 0 Å². The van der Waals surface area contributed by atoms with E-state index in [0.29, 0.717) is 19.6 Å². The molecule has 0 aliphatic carbocycles. The van der Waals surface area contributed by atoms with Crippen LogP contribution in [0.15, 0.2) is 30.3 Å². The van der Waals surface area contributed by atoms with Gasteiger partial charge in [-0.15, -0.1) is 0 Å². The van der Waals surface area contributed by atoms with Crippen molar-refractivity contribution in [2.24, 2.45) is 0 Å². The number of carbonyl (C=O) groups excluding carboxylic acids is 2. The Labute approximate surface area is 132 Å². The van der Waals surface area contributed by atoms with Crippen LogP contribution in [0.1, 0.15) is 52.0 Å². The van der Waals surface area contributed by atoms with Crippen molar-refractivity contribution >= 4 is 11.9 Å². The van der Waals surface area contributed by atoms with E-state index in [-0.39, 0.29) is 18.4 Å². The third kappa shape index (κ3) is 4.58. The average Bonchev–Trinajstić information content (AvgIpc) is 2.52. The molecule has 1 aromatic carbocycles. The highest BCUT2D eigenvalue weighted by molar-refractivity contribution is 5.88. The number of carbonyl (C=O) groups is 2. The molecule has 1 atom stereocenters. The fraction of sp³-hybridized carbons (Fsp3) is 0.556. The summed E-state index contributed by atoms with van der Waals surface area (Å²) in [6.07, 6.45) is 2.37. The molecule has 0 aliphatic rings. The van der Waals surface area contributed by atoms with E-state index >= 15 is 0 Å². The molecule has 22 heavy (non-hydrogen) atoms. The topological polar surface area (TPSA) is 52.6 Å². The van der Waals surface area contributed by atoms with Crippen LogP contribution in [0.25, 0.3) is 0 Å². The number of hydrogen-bond acceptors (Lipinski definition) is 4. The summed E-state index contributed by atoms with van der Waals surface area (Å²) in [5.41, 5.74) is -0.144. The molecule has 0 bridgehead atoms. The van der Waals surface area contributed by atoms with Crippen LogP contribution in [0.2, 0.25) is 0 Å². The van der Waals surface area contributed by atoms with Gasteiger partial charge in [0.25, 0.3) is 0 Å². The maximum absolute atomic E-state index is 12.7. The average molecular weight is 306 g/mol. The van der Waals surface area contributed by atoms with E-state index in [4.69, 9.17) is 9.47 Å². The summed E-state index contributed by atoms with van der Waals surface area (Å²) in [5, 5.41) is 0. The van der Waals surface area contributed by atoms with Gasteiger partial charge in [-0.05, 0) is 25.8 Å². The Morgan fingerprint density at radius 3 is 2.18 bits per heavy atom. The van der Waals surface area contributed by atoms with E-state index in [2.05, 4.69) is 6.92 Å². The highest BCUT2D eigenvalue weighted by atomic mass is 16.5. The third-order valence-corrected chi connectivity index (χ3v) is 3.70. The Morgan fingerprint density at radius 2 is 1.64 bits per heavy atom. The molecule has 4 heteroatoms. The van der Waals surface area contributed by atoms with E-state index in [9.17, 15) is 9.59 Å². The summed E-state index contributed by atoms with van der Waals surface area (Å²) in [7, 11) is 0. The van der Waals surface area contributed by atoms with Gasteiger partial charge in [0.05, 0.1) is 19.6 Å². The molecule has 0 fully saturated rings. The van der Waals surface area contributed by atoms with Crippen molar-refractivity contribution in [2.75, 3.05) is 13.2 Å². The lowest BCUT2D eigenvalue weighted by atomic mass is 9.73. The van der Waals surface area contributed by atoms with Crippen LogP contribution < -0.4 is 0 Å². The van der Waals surface area contributed by atoms with Gasteiger partial charge in [-0.3, -0.25) is 9.59 Å².